The van der Waals surface area contributed by atoms with Crippen molar-refractivity contribution in [1.82, 2.24) is 14.5 Å². The lowest BCUT2D eigenvalue weighted by Gasteiger charge is -2.48. The molecular formula is C20H26N4O. The van der Waals surface area contributed by atoms with Gasteiger partial charge in [0.2, 0.25) is 0 Å². The molecule has 0 aliphatic carbocycles. The highest BCUT2D eigenvalue weighted by Gasteiger charge is 2.39. The Morgan fingerprint density at radius 3 is 2.60 bits per heavy atom. The molecule has 0 N–H and O–H groups in total. The van der Waals surface area contributed by atoms with Crippen molar-refractivity contribution in [3.05, 3.63) is 48.4 Å². The van der Waals surface area contributed by atoms with Crippen LogP contribution in [0.25, 0.3) is 0 Å². The van der Waals surface area contributed by atoms with E-state index >= 15 is 0 Å². The lowest BCUT2D eigenvalue weighted by Crippen LogP contribution is -2.51. The van der Waals surface area contributed by atoms with Gasteiger partial charge in [-0.05, 0) is 55.4 Å². The van der Waals surface area contributed by atoms with Gasteiger partial charge in [0.25, 0.3) is 5.91 Å². The van der Waals surface area contributed by atoms with Crippen molar-refractivity contribution < 1.29 is 4.79 Å². The van der Waals surface area contributed by atoms with Crippen LogP contribution in [0.2, 0.25) is 0 Å². The Kier molecular flexibility index (Phi) is 4.24. The monoisotopic (exact) mass is 338 g/mol. The van der Waals surface area contributed by atoms with Gasteiger partial charge in [0.15, 0.2) is 0 Å². The number of amides is 1. The van der Waals surface area contributed by atoms with Crippen LogP contribution in [0.3, 0.4) is 0 Å². The van der Waals surface area contributed by atoms with E-state index in [-0.39, 0.29) is 5.91 Å². The fourth-order valence-electron chi connectivity index (χ4n) is 4.38. The van der Waals surface area contributed by atoms with Crippen LogP contribution in [-0.2, 0) is 7.05 Å². The van der Waals surface area contributed by atoms with Gasteiger partial charge in [-0.25, -0.2) is 4.98 Å². The normalized spacial score (nSPS) is 20.0. The summed E-state index contributed by atoms with van der Waals surface area (Å²) in [6.07, 6.45) is 8.46. The number of nitrogens with zero attached hydrogens (tertiary/aromatic N) is 4. The van der Waals surface area contributed by atoms with Gasteiger partial charge >= 0.3 is 0 Å². The molecule has 25 heavy (non-hydrogen) atoms. The average molecular weight is 338 g/mol. The molecule has 4 rings (SSSR count). The van der Waals surface area contributed by atoms with Crippen molar-refractivity contribution in [3.8, 4) is 0 Å². The molecule has 132 valence electrons. The average Bonchev–Trinajstić information content (AvgIpc) is 3.09. The summed E-state index contributed by atoms with van der Waals surface area (Å²) in [6.45, 7) is 3.88. The number of likely N-dealkylation sites (tertiary alicyclic amines) is 1. The molecule has 0 unspecified atom stereocenters. The SMILES string of the molecule is Cn1cccc1C(=O)N1CCC2(CCCN(c3ccccn3)C2)CC1. The van der Waals surface area contributed by atoms with Crippen molar-refractivity contribution in [2.24, 2.45) is 12.5 Å². The number of pyridine rings is 1. The van der Waals surface area contributed by atoms with Crippen LogP contribution in [0.4, 0.5) is 5.82 Å². The summed E-state index contributed by atoms with van der Waals surface area (Å²) in [5.74, 6) is 1.25. The van der Waals surface area contributed by atoms with Gasteiger partial charge in [-0.1, -0.05) is 6.07 Å². The maximum absolute atomic E-state index is 12.7. The van der Waals surface area contributed by atoms with Gasteiger partial charge in [-0.2, -0.15) is 0 Å². The van der Waals surface area contributed by atoms with Crippen molar-refractivity contribution in [2.45, 2.75) is 25.7 Å². The molecular weight excluding hydrogens is 312 g/mol. The third kappa shape index (κ3) is 3.15. The zero-order valence-corrected chi connectivity index (χ0v) is 14.9. The van der Waals surface area contributed by atoms with Crippen molar-refractivity contribution in [3.63, 3.8) is 0 Å². The lowest BCUT2D eigenvalue weighted by molar-refractivity contribution is 0.0532. The molecule has 0 atom stereocenters. The van der Waals surface area contributed by atoms with Crippen LogP contribution in [0.1, 0.15) is 36.2 Å². The molecule has 1 amide bonds. The Labute approximate surface area is 149 Å². The zero-order chi connectivity index (χ0) is 17.3. The smallest absolute Gasteiger partial charge is 0.270 e. The van der Waals surface area contributed by atoms with Gasteiger partial charge in [-0.15, -0.1) is 0 Å². The summed E-state index contributed by atoms with van der Waals surface area (Å²) in [4.78, 5) is 21.7. The number of anilines is 1. The van der Waals surface area contributed by atoms with Crippen molar-refractivity contribution in [2.75, 3.05) is 31.1 Å². The first-order valence-corrected chi connectivity index (χ1v) is 9.24. The van der Waals surface area contributed by atoms with Gasteiger partial charge < -0.3 is 14.4 Å². The van der Waals surface area contributed by atoms with Crippen molar-refractivity contribution in [1.29, 1.82) is 0 Å². The third-order valence-corrected chi connectivity index (χ3v) is 5.91. The molecule has 2 aromatic rings. The molecule has 0 saturated carbocycles. The zero-order valence-electron chi connectivity index (χ0n) is 14.9. The van der Waals surface area contributed by atoms with Crippen LogP contribution >= 0.6 is 0 Å². The highest BCUT2D eigenvalue weighted by molar-refractivity contribution is 5.92. The standard InChI is InChI=1S/C20H26N4O/c1-22-12-4-6-17(22)19(25)23-14-9-20(10-15-23)8-5-13-24(16-20)18-7-2-3-11-21-18/h2-4,6-7,11-12H,5,8-10,13-16H2,1H3. The minimum atomic E-state index is 0.166. The van der Waals surface area contributed by atoms with Gasteiger partial charge in [0, 0.05) is 45.6 Å². The summed E-state index contributed by atoms with van der Waals surface area (Å²) in [5.41, 5.74) is 1.12. The fraction of sp³-hybridized carbons (Fsp3) is 0.500. The number of hydrogen-bond donors (Lipinski definition) is 0. The number of aryl methyl sites for hydroxylation is 1. The summed E-state index contributed by atoms with van der Waals surface area (Å²) in [6, 6.07) is 9.98. The van der Waals surface area contributed by atoms with E-state index < -0.39 is 0 Å². The summed E-state index contributed by atoms with van der Waals surface area (Å²) >= 11 is 0. The molecule has 1 spiro atoms. The topological polar surface area (TPSA) is 41.4 Å². The minimum absolute atomic E-state index is 0.166. The number of rotatable bonds is 2. The van der Waals surface area contributed by atoms with E-state index in [1.807, 2.05) is 47.1 Å². The lowest BCUT2D eigenvalue weighted by atomic mass is 9.72. The Bertz CT molecular complexity index is 731. The third-order valence-electron chi connectivity index (χ3n) is 5.91. The Morgan fingerprint density at radius 2 is 1.92 bits per heavy atom. The molecule has 2 saturated heterocycles. The molecule has 4 heterocycles. The van der Waals surface area contributed by atoms with Gasteiger partial charge in [0.1, 0.15) is 11.5 Å². The molecule has 2 fully saturated rings. The predicted molar refractivity (Wildman–Crippen MR) is 98.7 cm³/mol. The fourth-order valence-corrected chi connectivity index (χ4v) is 4.38. The highest BCUT2D eigenvalue weighted by atomic mass is 16.2. The first-order chi connectivity index (χ1) is 12.2. The van der Waals surface area contributed by atoms with Gasteiger partial charge in [-0.3, -0.25) is 4.79 Å². The van der Waals surface area contributed by atoms with E-state index in [1.54, 1.807) is 0 Å². The van der Waals surface area contributed by atoms with Crippen LogP contribution in [0.15, 0.2) is 42.7 Å². The van der Waals surface area contributed by atoms with Crippen LogP contribution in [-0.4, -0.2) is 46.5 Å². The summed E-state index contributed by atoms with van der Waals surface area (Å²) in [5, 5.41) is 0. The number of carbonyl (C=O) groups excluding carboxylic acids is 1. The molecule has 2 aliphatic rings. The number of carbonyl (C=O) groups is 1. The molecule has 5 nitrogen and oxygen atoms in total. The highest BCUT2D eigenvalue weighted by Crippen LogP contribution is 2.41. The van der Waals surface area contributed by atoms with E-state index in [0.29, 0.717) is 5.41 Å². The summed E-state index contributed by atoms with van der Waals surface area (Å²) < 4.78 is 1.91. The summed E-state index contributed by atoms with van der Waals surface area (Å²) in [7, 11) is 1.94. The number of aromatic nitrogens is 2. The molecule has 2 aromatic heterocycles. The van der Waals surface area contributed by atoms with E-state index in [1.165, 1.54) is 12.8 Å². The Hall–Kier alpha value is -2.30. The van der Waals surface area contributed by atoms with E-state index in [0.717, 1.165) is 50.5 Å². The largest absolute Gasteiger partial charge is 0.356 e. The van der Waals surface area contributed by atoms with Crippen LogP contribution in [0, 0.1) is 5.41 Å². The van der Waals surface area contributed by atoms with E-state index in [2.05, 4.69) is 22.0 Å². The maximum Gasteiger partial charge on any atom is 0.270 e. The minimum Gasteiger partial charge on any atom is -0.356 e. The van der Waals surface area contributed by atoms with E-state index in [9.17, 15) is 4.79 Å². The molecule has 0 aromatic carbocycles. The quantitative estimate of drug-likeness (QED) is 0.845. The van der Waals surface area contributed by atoms with Crippen LogP contribution in [0.5, 0.6) is 0 Å². The molecule has 5 heteroatoms. The van der Waals surface area contributed by atoms with Crippen LogP contribution < -0.4 is 4.90 Å². The first kappa shape index (κ1) is 16.2. The second kappa shape index (κ2) is 6.54. The van der Waals surface area contributed by atoms with E-state index in [4.69, 9.17) is 0 Å². The number of hydrogen-bond acceptors (Lipinski definition) is 3. The Morgan fingerprint density at radius 1 is 1.08 bits per heavy atom. The molecule has 2 aliphatic heterocycles. The first-order valence-electron chi connectivity index (χ1n) is 9.24. The Balaban J connectivity index is 1.42. The van der Waals surface area contributed by atoms with Crippen molar-refractivity contribution >= 4 is 11.7 Å². The number of piperidine rings is 2. The predicted octanol–water partition coefficient (Wildman–Crippen LogP) is 2.94. The molecule has 0 bridgehead atoms. The molecule has 0 radical (unpaired) electrons. The maximum atomic E-state index is 12.7. The second-order valence-corrected chi connectivity index (χ2v) is 7.51. The second-order valence-electron chi connectivity index (χ2n) is 7.51. The van der Waals surface area contributed by atoms with Gasteiger partial charge in [0.05, 0.1) is 0 Å².